The van der Waals surface area contributed by atoms with Crippen molar-refractivity contribution >= 4 is 28.5 Å². The molecule has 0 aliphatic heterocycles. The second-order valence-electron chi connectivity index (χ2n) is 4.46. The zero-order valence-corrected chi connectivity index (χ0v) is 12.0. The Balaban J connectivity index is 2.77. The summed E-state index contributed by atoms with van der Waals surface area (Å²) >= 11 is 2.16. The average Bonchev–Trinajstić information content (AvgIpc) is 2.64. The van der Waals surface area contributed by atoms with E-state index in [1.165, 1.54) is 0 Å². The fourth-order valence-electron chi connectivity index (χ4n) is 1.26. The van der Waals surface area contributed by atoms with Crippen LogP contribution in [0, 0.1) is 9.49 Å². The zero-order valence-electron chi connectivity index (χ0n) is 9.80. The van der Waals surface area contributed by atoms with Gasteiger partial charge in [-0.1, -0.05) is 13.8 Å². The number of H-pyrrole nitrogens is 1. The Kier molecular flexibility index (Phi) is 4.37. The number of nitrogens with two attached hydrogens (primary N) is 1. The third-order valence-corrected chi connectivity index (χ3v) is 3.61. The molecule has 0 aliphatic carbocycles. The van der Waals surface area contributed by atoms with Crippen molar-refractivity contribution in [3.8, 4) is 0 Å². The van der Waals surface area contributed by atoms with Gasteiger partial charge in [0.25, 0.3) is 5.91 Å². The van der Waals surface area contributed by atoms with Gasteiger partial charge in [0.15, 0.2) is 0 Å². The minimum Gasteiger partial charge on any atom is -0.356 e. The Labute approximate surface area is 110 Å². The number of hydrogen-bond donors (Lipinski definition) is 3. The number of carbonyl (C=O) groups is 1. The van der Waals surface area contributed by atoms with Gasteiger partial charge >= 0.3 is 0 Å². The summed E-state index contributed by atoms with van der Waals surface area (Å²) in [6, 6.07) is 1.81. The number of aromatic nitrogens is 1. The molecule has 90 valence electrons. The van der Waals surface area contributed by atoms with Crippen molar-refractivity contribution in [1.29, 1.82) is 0 Å². The van der Waals surface area contributed by atoms with Crippen LogP contribution in [0.4, 0.5) is 0 Å². The molecule has 0 saturated heterocycles. The number of amides is 1. The molecule has 0 spiro atoms. The van der Waals surface area contributed by atoms with Crippen molar-refractivity contribution in [3.05, 3.63) is 21.5 Å². The lowest BCUT2D eigenvalue weighted by Crippen LogP contribution is -2.55. The van der Waals surface area contributed by atoms with Crippen LogP contribution in [0.5, 0.6) is 0 Å². The SMILES string of the molecule is CC(C)C(C)(CN)NC(=O)c1cc(I)c[nH]1. The zero-order chi connectivity index (χ0) is 12.3. The lowest BCUT2D eigenvalue weighted by molar-refractivity contribution is 0.0878. The molecule has 0 aromatic carbocycles. The van der Waals surface area contributed by atoms with Crippen LogP contribution in [-0.2, 0) is 0 Å². The quantitative estimate of drug-likeness (QED) is 0.734. The summed E-state index contributed by atoms with van der Waals surface area (Å²) in [5, 5.41) is 2.97. The topological polar surface area (TPSA) is 70.9 Å². The van der Waals surface area contributed by atoms with Gasteiger partial charge in [-0.3, -0.25) is 4.79 Å². The molecule has 0 aliphatic rings. The molecule has 1 heterocycles. The summed E-state index contributed by atoms with van der Waals surface area (Å²) in [5.74, 6) is 0.181. The molecule has 0 radical (unpaired) electrons. The van der Waals surface area contributed by atoms with Crippen LogP contribution in [0.2, 0.25) is 0 Å². The Hall–Kier alpha value is -0.560. The van der Waals surface area contributed by atoms with E-state index in [0.29, 0.717) is 12.2 Å². The highest BCUT2D eigenvalue weighted by Gasteiger charge is 2.29. The largest absolute Gasteiger partial charge is 0.356 e. The third-order valence-electron chi connectivity index (χ3n) is 2.99. The number of hydrogen-bond acceptors (Lipinski definition) is 2. The fraction of sp³-hybridized carbons (Fsp3) is 0.545. The molecule has 16 heavy (non-hydrogen) atoms. The Morgan fingerprint density at radius 1 is 1.69 bits per heavy atom. The molecular weight excluding hydrogens is 317 g/mol. The second-order valence-corrected chi connectivity index (χ2v) is 5.71. The first-order valence-electron chi connectivity index (χ1n) is 5.25. The molecule has 1 atom stereocenters. The van der Waals surface area contributed by atoms with Gasteiger partial charge in [0, 0.05) is 16.3 Å². The van der Waals surface area contributed by atoms with E-state index in [9.17, 15) is 4.79 Å². The lowest BCUT2D eigenvalue weighted by Gasteiger charge is -2.33. The van der Waals surface area contributed by atoms with Gasteiger partial charge in [-0.05, 0) is 41.5 Å². The first kappa shape index (κ1) is 13.5. The number of rotatable bonds is 4. The second kappa shape index (κ2) is 5.18. The van der Waals surface area contributed by atoms with Crippen LogP contribution >= 0.6 is 22.6 Å². The van der Waals surface area contributed by atoms with Crippen molar-refractivity contribution in [1.82, 2.24) is 10.3 Å². The minimum absolute atomic E-state index is 0.107. The van der Waals surface area contributed by atoms with Crippen LogP contribution in [-0.4, -0.2) is 23.0 Å². The van der Waals surface area contributed by atoms with Crippen molar-refractivity contribution in [2.45, 2.75) is 26.3 Å². The van der Waals surface area contributed by atoms with Gasteiger partial charge in [0.1, 0.15) is 5.69 Å². The van der Waals surface area contributed by atoms with Gasteiger partial charge < -0.3 is 16.0 Å². The molecule has 1 amide bonds. The minimum atomic E-state index is -0.367. The van der Waals surface area contributed by atoms with Crippen molar-refractivity contribution < 1.29 is 4.79 Å². The van der Waals surface area contributed by atoms with E-state index in [-0.39, 0.29) is 17.4 Å². The Morgan fingerprint density at radius 3 is 2.69 bits per heavy atom. The van der Waals surface area contributed by atoms with Crippen molar-refractivity contribution in [2.24, 2.45) is 11.7 Å². The van der Waals surface area contributed by atoms with Gasteiger partial charge in [0.05, 0.1) is 5.54 Å². The molecule has 1 unspecified atom stereocenters. The van der Waals surface area contributed by atoms with E-state index < -0.39 is 0 Å². The predicted octanol–water partition coefficient (Wildman–Crippen LogP) is 1.72. The summed E-state index contributed by atoms with van der Waals surface area (Å²) < 4.78 is 1.02. The van der Waals surface area contributed by atoms with Crippen molar-refractivity contribution in [3.63, 3.8) is 0 Å². The van der Waals surface area contributed by atoms with Crippen LogP contribution in [0.25, 0.3) is 0 Å². The predicted molar refractivity (Wildman–Crippen MR) is 73.3 cm³/mol. The maximum atomic E-state index is 11.9. The molecule has 5 heteroatoms. The standard InChI is InChI=1S/C11H18IN3O/c1-7(2)11(3,6-13)15-10(16)9-4-8(12)5-14-9/h4-5,7,14H,6,13H2,1-3H3,(H,15,16). The van der Waals surface area contributed by atoms with E-state index in [1.54, 1.807) is 6.20 Å². The first-order valence-corrected chi connectivity index (χ1v) is 6.33. The molecule has 1 aromatic heterocycles. The summed E-state index contributed by atoms with van der Waals surface area (Å²) in [5.41, 5.74) is 5.92. The first-order chi connectivity index (χ1) is 7.39. The summed E-state index contributed by atoms with van der Waals surface area (Å²) in [7, 11) is 0. The smallest absolute Gasteiger partial charge is 0.268 e. The van der Waals surface area contributed by atoms with Crippen LogP contribution < -0.4 is 11.1 Å². The fourth-order valence-corrected chi connectivity index (χ4v) is 1.72. The monoisotopic (exact) mass is 335 g/mol. The number of halogens is 1. The third kappa shape index (κ3) is 2.98. The van der Waals surface area contributed by atoms with E-state index in [4.69, 9.17) is 5.73 Å². The Bertz CT molecular complexity index is 375. The van der Waals surface area contributed by atoms with E-state index in [1.807, 2.05) is 26.8 Å². The summed E-state index contributed by atoms with van der Waals surface area (Å²) in [4.78, 5) is 14.9. The maximum absolute atomic E-state index is 11.9. The van der Waals surface area contributed by atoms with Gasteiger partial charge in [-0.25, -0.2) is 0 Å². The lowest BCUT2D eigenvalue weighted by atomic mass is 9.88. The molecule has 0 fully saturated rings. The maximum Gasteiger partial charge on any atom is 0.268 e. The molecule has 1 rings (SSSR count). The van der Waals surface area contributed by atoms with Crippen LogP contribution in [0.15, 0.2) is 12.3 Å². The highest BCUT2D eigenvalue weighted by Crippen LogP contribution is 2.16. The highest BCUT2D eigenvalue weighted by atomic mass is 127. The van der Waals surface area contributed by atoms with Crippen LogP contribution in [0.3, 0.4) is 0 Å². The van der Waals surface area contributed by atoms with Gasteiger partial charge in [0.2, 0.25) is 0 Å². The normalized spacial score (nSPS) is 14.9. The Morgan fingerprint density at radius 2 is 2.31 bits per heavy atom. The molecule has 4 N–H and O–H groups in total. The van der Waals surface area contributed by atoms with Gasteiger partial charge in [-0.2, -0.15) is 0 Å². The molecule has 1 aromatic rings. The van der Waals surface area contributed by atoms with E-state index in [0.717, 1.165) is 3.57 Å². The molecular formula is C11H18IN3O. The van der Waals surface area contributed by atoms with E-state index in [2.05, 4.69) is 32.9 Å². The number of carbonyl (C=O) groups excluding carboxylic acids is 1. The van der Waals surface area contributed by atoms with Gasteiger partial charge in [-0.15, -0.1) is 0 Å². The number of nitrogens with one attached hydrogen (secondary N) is 2. The summed E-state index contributed by atoms with van der Waals surface area (Å²) in [6.45, 7) is 6.48. The number of aromatic amines is 1. The molecule has 0 saturated carbocycles. The highest BCUT2D eigenvalue weighted by molar-refractivity contribution is 14.1. The molecule has 4 nitrogen and oxygen atoms in total. The average molecular weight is 335 g/mol. The van der Waals surface area contributed by atoms with Crippen LogP contribution in [0.1, 0.15) is 31.3 Å². The molecule has 0 bridgehead atoms. The van der Waals surface area contributed by atoms with Crippen molar-refractivity contribution in [2.75, 3.05) is 6.54 Å². The van der Waals surface area contributed by atoms with E-state index >= 15 is 0 Å². The summed E-state index contributed by atoms with van der Waals surface area (Å²) in [6.07, 6.45) is 1.80.